The van der Waals surface area contributed by atoms with Crippen LogP contribution in [0.25, 0.3) is 0 Å². The van der Waals surface area contributed by atoms with E-state index in [9.17, 15) is 4.39 Å². The molecule has 15 heavy (non-hydrogen) atoms. The zero-order chi connectivity index (χ0) is 10.7. The topological polar surface area (TPSA) is 18.5 Å². The monoisotopic (exact) mass is 206 g/mol. The smallest absolute Gasteiger partial charge is 0.164 e. The van der Waals surface area contributed by atoms with Gasteiger partial charge in [0, 0.05) is 12.8 Å². The van der Waals surface area contributed by atoms with Gasteiger partial charge in [-0.25, -0.2) is 4.39 Å². The average Bonchev–Trinajstić information content (AvgIpc) is 2.24. The van der Waals surface area contributed by atoms with Gasteiger partial charge >= 0.3 is 0 Å². The Kier molecular flexibility index (Phi) is 3.26. The molecule has 0 aliphatic carbocycles. The molecule has 1 saturated heterocycles. The number of rotatable bonds is 2. The molecule has 0 amide bonds. The van der Waals surface area contributed by atoms with Crippen molar-refractivity contribution >= 4 is 13.3 Å². The van der Waals surface area contributed by atoms with Gasteiger partial charge in [0.05, 0.1) is 13.2 Å². The Hall–Kier alpha value is -1.03. The van der Waals surface area contributed by atoms with E-state index >= 15 is 0 Å². The van der Waals surface area contributed by atoms with Gasteiger partial charge in [-0.05, 0) is 12.1 Å². The minimum absolute atomic E-state index is 0.0527. The quantitative estimate of drug-likeness (QED) is 0.676. The van der Waals surface area contributed by atoms with E-state index < -0.39 is 5.82 Å². The molecule has 2 rings (SSSR count). The summed E-state index contributed by atoms with van der Waals surface area (Å²) >= 11 is 0. The normalized spacial score (nSPS) is 17.7. The first-order chi connectivity index (χ1) is 7.25. The van der Waals surface area contributed by atoms with Crippen LogP contribution < -0.4 is 10.2 Å². The maximum atomic E-state index is 13.4. The molecule has 0 spiro atoms. The molecule has 78 valence electrons. The minimum Gasteiger partial charge on any atom is -0.487 e. The SMILES string of the molecule is [B]c1ccc(OC2CCOCC2)c(F)c1. The number of halogens is 1. The van der Waals surface area contributed by atoms with Crippen LogP contribution in [-0.2, 0) is 4.74 Å². The molecule has 0 unspecified atom stereocenters. The lowest BCUT2D eigenvalue weighted by atomic mass is 9.96. The van der Waals surface area contributed by atoms with E-state index in [1.807, 2.05) is 0 Å². The third-order valence-electron chi connectivity index (χ3n) is 2.42. The molecule has 2 radical (unpaired) electrons. The van der Waals surface area contributed by atoms with Crippen LogP contribution in [0.2, 0.25) is 0 Å². The molecule has 1 aromatic carbocycles. The van der Waals surface area contributed by atoms with Gasteiger partial charge < -0.3 is 9.47 Å². The summed E-state index contributed by atoms with van der Waals surface area (Å²) in [6.07, 6.45) is 1.67. The Morgan fingerprint density at radius 2 is 2.07 bits per heavy atom. The Bertz CT molecular complexity index is 337. The third kappa shape index (κ3) is 2.72. The summed E-state index contributed by atoms with van der Waals surface area (Å²) in [4.78, 5) is 0. The number of hydrogen-bond acceptors (Lipinski definition) is 2. The number of benzene rings is 1. The fourth-order valence-corrected chi connectivity index (χ4v) is 1.59. The minimum atomic E-state index is -0.401. The van der Waals surface area contributed by atoms with Gasteiger partial charge in [-0.1, -0.05) is 11.5 Å². The molecular weight excluding hydrogens is 194 g/mol. The van der Waals surface area contributed by atoms with Crippen molar-refractivity contribution in [1.29, 1.82) is 0 Å². The van der Waals surface area contributed by atoms with Crippen LogP contribution in [0, 0.1) is 5.82 Å². The second-order valence-corrected chi connectivity index (χ2v) is 3.62. The molecule has 4 heteroatoms. The van der Waals surface area contributed by atoms with Gasteiger partial charge in [-0.2, -0.15) is 0 Å². The summed E-state index contributed by atoms with van der Waals surface area (Å²) in [6, 6.07) is 4.48. The van der Waals surface area contributed by atoms with Crippen molar-refractivity contribution in [2.24, 2.45) is 0 Å². The van der Waals surface area contributed by atoms with Crippen LogP contribution in [0.1, 0.15) is 12.8 Å². The van der Waals surface area contributed by atoms with E-state index in [1.54, 1.807) is 12.1 Å². The first kappa shape index (κ1) is 10.5. The van der Waals surface area contributed by atoms with Crippen LogP contribution in [0.4, 0.5) is 4.39 Å². The predicted molar refractivity (Wildman–Crippen MR) is 56.3 cm³/mol. The van der Waals surface area contributed by atoms with Crippen LogP contribution in [0.15, 0.2) is 18.2 Å². The second kappa shape index (κ2) is 4.66. The van der Waals surface area contributed by atoms with Crippen molar-refractivity contribution in [1.82, 2.24) is 0 Å². The highest BCUT2D eigenvalue weighted by molar-refractivity contribution is 6.32. The van der Waals surface area contributed by atoms with E-state index in [2.05, 4.69) is 0 Å². The third-order valence-corrected chi connectivity index (χ3v) is 2.42. The Morgan fingerprint density at radius 1 is 1.33 bits per heavy atom. The zero-order valence-corrected chi connectivity index (χ0v) is 8.41. The van der Waals surface area contributed by atoms with Crippen molar-refractivity contribution < 1.29 is 13.9 Å². The summed E-state index contributed by atoms with van der Waals surface area (Å²) < 4.78 is 24.1. The van der Waals surface area contributed by atoms with Crippen LogP contribution in [0.3, 0.4) is 0 Å². The van der Waals surface area contributed by atoms with E-state index in [-0.39, 0.29) is 11.9 Å². The highest BCUT2D eigenvalue weighted by atomic mass is 19.1. The summed E-state index contributed by atoms with van der Waals surface area (Å²) in [5.74, 6) is -0.127. The Morgan fingerprint density at radius 3 is 2.73 bits per heavy atom. The molecule has 1 heterocycles. The van der Waals surface area contributed by atoms with Gasteiger partial charge in [0.2, 0.25) is 0 Å². The Balaban J connectivity index is 2.03. The van der Waals surface area contributed by atoms with Crippen LogP contribution in [0.5, 0.6) is 5.75 Å². The zero-order valence-electron chi connectivity index (χ0n) is 8.41. The van der Waals surface area contributed by atoms with Crippen molar-refractivity contribution in [2.75, 3.05) is 13.2 Å². The van der Waals surface area contributed by atoms with Crippen molar-refractivity contribution in [3.05, 3.63) is 24.0 Å². The molecule has 0 saturated carbocycles. The van der Waals surface area contributed by atoms with Gasteiger partial charge in [0.1, 0.15) is 14.0 Å². The molecule has 0 N–H and O–H groups in total. The van der Waals surface area contributed by atoms with Gasteiger partial charge in [-0.3, -0.25) is 0 Å². The largest absolute Gasteiger partial charge is 0.487 e. The van der Waals surface area contributed by atoms with E-state index in [4.69, 9.17) is 17.3 Å². The highest BCUT2D eigenvalue weighted by Crippen LogP contribution is 2.20. The van der Waals surface area contributed by atoms with E-state index in [0.29, 0.717) is 18.7 Å². The molecule has 1 aromatic rings. The molecule has 0 bridgehead atoms. The number of ether oxygens (including phenoxy) is 2. The molecule has 1 aliphatic heterocycles. The molecule has 0 aromatic heterocycles. The number of hydrogen-bond donors (Lipinski definition) is 0. The van der Waals surface area contributed by atoms with Crippen LogP contribution >= 0.6 is 0 Å². The lowest BCUT2D eigenvalue weighted by Gasteiger charge is -2.23. The summed E-state index contributed by atoms with van der Waals surface area (Å²) in [6.45, 7) is 1.36. The fraction of sp³-hybridized carbons (Fsp3) is 0.455. The van der Waals surface area contributed by atoms with Gasteiger partial charge in [0.25, 0.3) is 0 Å². The van der Waals surface area contributed by atoms with Crippen molar-refractivity contribution in [3.8, 4) is 5.75 Å². The highest BCUT2D eigenvalue weighted by Gasteiger charge is 2.16. The Labute approximate surface area is 89.8 Å². The standard InChI is InChI=1S/C11H12BFO2/c12-8-1-2-11(10(13)7-8)15-9-3-5-14-6-4-9/h1-2,7,9H,3-6H2. The molecule has 0 atom stereocenters. The molecule has 1 aliphatic rings. The van der Waals surface area contributed by atoms with Crippen molar-refractivity contribution in [3.63, 3.8) is 0 Å². The van der Waals surface area contributed by atoms with Gasteiger partial charge in [0.15, 0.2) is 11.6 Å². The summed E-state index contributed by atoms with van der Waals surface area (Å²) in [5, 5.41) is 0. The summed E-state index contributed by atoms with van der Waals surface area (Å²) in [7, 11) is 5.45. The first-order valence-electron chi connectivity index (χ1n) is 5.05. The lowest BCUT2D eigenvalue weighted by molar-refractivity contribution is 0.0240. The maximum Gasteiger partial charge on any atom is 0.164 e. The first-order valence-corrected chi connectivity index (χ1v) is 5.05. The molecule has 1 fully saturated rings. The van der Waals surface area contributed by atoms with E-state index in [0.717, 1.165) is 12.8 Å². The molecular formula is C11H12BFO2. The lowest BCUT2D eigenvalue weighted by Crippen LogP contribution is -2.26. The van der Waals surface area contributed by atoms with E-state index in [1.165, 1.54) is 6.07 Å². The molecule has 2 nitrogen and oxygen atoms in total. The fourth-order valence-electron chi connectivity index (χ4n) is 1.59. The van der Waals surface area contributed by atoms with Crippen LogP contribution in [-0.4, -0.2) is 27.2 Å². The maximum absolute atomic E-state index is 13.4. The summed E-state index contributed by atoms with van der Waals surface area (Å²) in [5.41, 5.74) is 0.409. The average molecular weight is 206 g/mol. The second-order valence-electron chi connectivity index (χ2n) is 3.62. The van der Waals surface area contributed by atoms with Crippen molar-refractivity contribution in [2.45, 2.75) is 18.9 Å². The van der Waals surface area contributed by atoms with Gasteiger partial charge in [-0.15, -0.1) is 0 Å². The predicted octanol–water partition coefficient (Wildman–Crippen LogP) is 1.18.